The first-order chi connectivity index (χ1) is 16.2. The topological polar surface area (TPSA) is 153 Å². The van der Waals surface area contributed by atoms with Crippen molar-refractivity contribution in [3.05, 3.63) is 63.5 Å². The number of aromatic nitrogens is 3. The number of rotatable bonds is 9. The van der Waals surface area contributed by atoms with Crippen LogP contribution < -0.4 is 10.5 Å². The second-order valence-electron chi connectivity index (χ2n) is 8.29. The Balaban J connectivity index is 1.45. The van der Waals surface area contributed by atoms with E-state index < -0.39 is 10.3 Å². The summed E-state index contributed by atoms with van der Waals surface area (Å²) in [7, 11) is -3.96. The molecule has 1 aliphatic carbocycles. The Morgan fingerprint density at radius 1 is 1.44 bits per heavy atom. The van der Waals surface area contributed by atoms with Crippen LogP contribution in [-0.4, -0.2) is 41.4 Å². The molecular formula is C22H24N6O4S2. The number of aryl methyl sites for hydroxylation is 1. The third-order valence-corrected chi connectivity index (χ3v) is 7.34. The molecule has 3 heterocycles. The van der Waals surface area contributed by atoms with Crippen LogP contribution in [0.5, 0.6) is 0 Å². The Labute approximate surface area is 201 Å². The Kier molecular flexibility index (Phi) is 7.08. The van der Waals surface area contributed by atoms with Crippen LogP contribution in [0.15, 0.2) is 37.1 Å². The van der Waals surface area contributed by atoms with Crippen molar-refractivity contribution in [2.75, 3.05) is 11.9 Å². The van der Waals surface area contributed by atoms with E-state index in [0.29, 0.717) is 34.8 Å². The van der Waals surface area contributed by atoms with E-state index in [-0.39, 0.29) is 24.3 Å². The molecule has 10 nitrogen and oxygen atoms in total. The SMILES string of the molecule is Cc1sc(C(=O)c2cncnc2N[C@H]2CC[C@@H](COS(N)(=O)=O)C2)cc1Cn1ccc(C#N)c1. The number of carbonyl (C=O) groups is 1. The van der Waals surface area contributed by atoms with E-state index in [9.17, 15) is 13.2 Å². The van der Waals surface area contributed by atoms with E-state index in [1.54, 1.807) is 12.3 Å². The summed E-state index contributed by atoms with van der Waals surface area (Å²) in [5, 5.41) is 17.2. The number of hydrogen-bond acceptors (Lipinski definition) is 9. The van der Waals surface area contributed by atoms with Gasteiger partial charge in [-0.15, -0.1) is 11.3 Å². The molecule has 3 N–H and O–H groups in total. The molecule has 0 radical (unpaired) electrons. The summed E-state index contributed by atoms with van der Waals surface area (Å²) in [6.07, 6.45) is 8.76. The van der Waals surface area contributed by atoms with Gasteiger partial charge in [0, 0.05) is 36.1 Å². The molecule has 0 amide bonds. The Morgan fingerprint density at radius 3 is 3.00 bits per heavy atom. The van der Waals surface area contributed by atoms with Gasteiger partial charge in [-0.2, -0.15) is 13.7 Å². The summed E-state index contributed by atoms with van der Waals surface area (Å²) in [4.78, 5) is 23.3. The van der Waals surface area contributed by atoms with Crippen molar-refractivity contribution in [3.8, 4) is 6.07 Å². The standard InChI is InChI=1S/C22H24N6O4S2/c1-14-17(11-28-5-4-16(8-23)10-28)7-20(33-14)21(29)19-9-25-13-26-22(19)27-18-3-2-15(6-18)12-32-34(24,30)31/h4-5,7,9-10,13,15,18H,2-3,6,11-12H2,1H3,(H2,24,30,31)(H,25,26,27)/t15-,18+/m1/s1. The molecule has 2 atom stereocenters. The van der Waals surface area contributed by atoms with Gasteiger partial charge in [0.2, 0.25) is 5.78 Å². The van der Waals surface area contributed by atoms with E-state index in [2.05, 4.69) is 21.4 Å². The van der Waals surface area contributed by atoms with Crippen molar-refractivity contribution >= 4 is 33.2 Å². The van der Waals surface area contributed by atoms with Gasteiger partial charge in [0.05, 0.1) is 22.6 Å². The maximum absolute atomic E-state index is 13.3. The minimum atomic E-state index is -3.96. The fourth-order valence-electron chi connectivity index (χ4n) is 4.08. The lowest BCUT2D eigenvalue weighted by Gasteiger charge is -2.15. The molecule has 0 aliphatic heterocycles. The van der Waals surface area contributed by atoms with Gasteiger partial charge in [0.15, 0.2) is 0 Å². The predicted octanol–water partition coefficient (Wildman–Crippen LogP) is 2.60. The summed E-state index contributed by atoms with van der Waals surface area (Å²) in [6.45, 7) is 2.58. The summed E-state index contributed by atoms with van der Waals surface area (Å²) >= 11 is 1.41. The average molecular weight is 501 g/mol. The largest absolute Gasteiger partial charge is 0.367 e. The number of hydrogen-bond donors (Lipinski definition) is 2. The first-order valence-electron chi connectivity index (χ1n) is 10.7. The van der Waals surface area contributed by atoms with Crippen LogP contribution in [-0.2, 0) is 21.0 Å². The molecule has 12 heteroatoms. The fraction of sp³-hybridized carbons (Fsp3) is 0.364. The zero-order valence-electron chi connectivity index (χ0n) is 18.5. The van der Waals surface area contributed by atoms with Gasteiger partial charge in [-0.1, -0.05) is 0 Å². The quantitative estimate of drug-likeness (QED) is 0.425. The van der Waals surface area contributed by atoms with Gasteiger partial charge in [0.1, 0.15) is 18.2 Å². The minimum absolute atomic E-state index is 0.0271. The number of nitrogens with one attached hydrogen (secondary N) is 1. The van der Waals surface area contributed by atoms with Crippen LogP contribution in [0, 0.1) is 24.2 Å². The van der Waals surface area contributed by atoms with Crippen molar-refractivity contribution in [1.82, 2.24) is 14.5 Å². The highest BCUT2D eigenvalue weighted by Gasteiger charge is 2.28. The molecule has 3 aromatic rings. The number of ketones is 1. The number of thiophene rings is 1. The molecular weight excluding hydrogens is 476 g/mol. The molecule has 178 valence electrons. The lowest BCUT2D eigenvalue weighted by atomic mass is 10.1. The lowest BCUT2D eigenvalue weighted by molar-refractivity contribution is 0.104. The van der Waals surface area contributed by atoms with Gasteiger partial charge in [-0.05, 0) is 49.8 Å². The van der Waals surface area contributed by atoms with Crippen molar-refractivity contribution < 1.29 is 17.4 Å². The molecule has 4 rings (SSSR count). The van der Waals surface area contributed by atoms with E-state index >= 15 is 0 Å². The van der Waals surface area contributed by atoms with Crippen molar-refractivity contribution in [3.63, 3.8) is 0 Å². The minimum Gasteiger partial charge on any atom is -0.367 e. The Morgan fingerprint density at radius 2 is 2.26 bits per heavy atom. The Bertz CT molecular complexity index is 1340. The van der Waals surface area contributed by atoms with Crippen LogP contribution in [0.1, 0.15) is 50.5 Å². The van der Waals surface area contributed by atoms with E-state index in [4.69, 9.17) is 14.6 Å². The summed E-state index contributed by atoms with van der Waals surface area (Å²) in [5.41, 5.74) is 1.98. The second-order valence-corrected chi connectivity index (χ2v) is 10.8. The first kappa shape index (κ1) is 24.0. The van der Waals surface area contributed by atoms with Gasteiger partial charge in [0.25, 0.3) is 0 Å². The monoisotopic (exact) mass is 500 g/mol. The molecule has 1 aliphatic rings. The zero-order valence-corrected chi connectivity index (χ0v) is 20.1. The highest BCUT2D eigenvalue weighted by Crippen LogP contribution is 2.31. The molecule has 0 bridgehead atoms. The summed E-state index contributed by atoms with van der Waals surface area (Å²) in [5.74, 6) is 0.337. The Hall–Kier alpha value is -3.11. The predicted molar refractivity (Wildman–Crippen MR) is 127 cm³/mol. The second kappa shape index (κ2) is 10.0. The molecule has 0 unspecified atom stereocenters. The van der Waals surface area contributed by atoms with Gasteiger partial charge >= 0.3 is 10.3 Å². The number of nitrogens with two attached hydrogens (primary N) is 1. The normalized spacial score (nSPS) is 18.0. The molecule has 0 aromatic carbocycles. The van der Waals surface area contributed by atoms with Crippen LogP contribution in [0.3, 0.4) is 0 Å². The first-order valence-corrected chi connectivity index (χ1v) is 12.9. The average Bonchev–Trinajstić information content (AvgIpc) is 3.53. The van der Waals surface area contributed by atoms with Gasteiger partial charge < -0.3 is 9.88 Å². The van der Waals surface area contributed by atoms with E-state index in [1.807, 2.05) is 23.8 Å². The molecule has 0 saturated heterocycles. The number of nitriles is 1. The molecule has 34 heavy (non-hydrogen) atoms. The molecule has 1 fully saturated rings. The van der Waals surface area contributed by atoms with E-state index in [0.717, 1.165) is 23.3 Å². The number of anilines is 1. The maximum Gasteiger partial charge on any atom is 0.333 e. The fourth-order valence-corrected chi connectivity index (χ4v) is 5.45. The van der Waals surface area contributed by atoms with Gasteiger partial charge in [-0.25, -0.2) is 15.1 Å². The van der Waals surface area contributed by atoms with Crippen LogP contribution >= 0.6 is 11.3 Å². The third kappa shape index (κ3) is 5.87. The van der Waals surface area contributed by atoms with Crippen LogP contribution in [0.2, 0.25) is 0 Å². The smallest absolute Gasteiger partial charge is 0.333 e. The molecule has 1 saturated carbocycles. The van der Waals surface area contributed by atoms with Gasteiger partial charge in [-0.3, -0.25) is 8.98 Å². The van der Waals surface area contributed by atoms with Crippen LogP contribution in [0.25, 0.3) is 0 Å². The van der Waals surface area contributed by atoms with Crippen molar-refractivity contribution in [2.24, 2.45) is 11.1 Å². The summed E-state index contributed by atoms with van der Waals surface area (Å²) < 4.78 is 28.7. The van der Waals surface area contributed by atoms with E-state index in [1.165, 1.54) is 23.9 Å². The van der Waals surface area contributed by atoms with Crippen LogP contribution in [0.4, 0.5) is 5.82 Å². The highest BCUT2D eigenvalue weighted by atomic mass is 32.2. The third-order valence-electron chi connectivity index (χ3n) is 5.78. The maximum atomic E-state index is 13.3. The highest BCUT2D eigenvalue weighted by molar-refractivity contribution is 7.84. The van der Waals surface area contributed by atoms with Crippen molar-refractivity contribution in [2.45, 2.75) is 38.8 Å². The lowest BCUT2D eigenvalue weighted by Crippen LogP contribution is -2.22. The molecule has 3 aromatic heterocycles. The zero-order chi connectivity index (χ0) is 24.3. The summed E-state index contributed by atoms with van der Waals surface area (Å²) in [6, 6.07) is 5.77. The van der Waals surface area contributed by atoms with Crippen molar-refractivity contribution in [1.29, 1.82) is 5.26 Å². The molecule has 0 spiro atoms. The number of carbonyl (C=O) groups excluding carboxylic acids is 1. The number of nitrogens with zero attached hydrogens (tertiary/aromatic N) is 4.